The lowest BCUT2D eigenvalue weighted by atomic mass is 9.94. The molecule has 0 fully saturated rings. The van der Waals surface area contributed by atoms with Crippen molar-refractivity contribution in [1.82, 2.24) is 8.96 Å². The molecule has 3 rings (SSSR count). The van der Waals surface area contributed by atoms with Crippen molar-refractivity contribution < 1.29 is 12.8 Å². The first kappa shape index (κ1) is 13.8. The minimum absolute atomic E-state index is 0.0793. The molecule has 0 aliphatic heterocycles. The van der Waals surface area contributed by atoms with Gasteiger partial charge < -0.3 is 0 Å². The summed E-state index contributed by atoms with van der Waals surface area (Å²) in [4.78, 5) is 4.23. The van der Waals surface area contributed by atoms with Gasteiger partial charge >= 0.3 is 0 Å². The lowest BCUT2D eigenvalue weighted by molar-refractivity contribution is 0.472. The second-order valence-electron chi connectivity index (χ2n) is 4.72. The van der Waals surface area contributed by atoms with E-state index in [0.717, 1.165) is 9.44 Å². The van der Waals surface area contributed by atoms with Gasteiger partial charge in [-0.05, 0) is 24.3 Å². The van der Waals surface area contributed by atoms with Crippen molar-refractivity contribution in [2.45, 2.75) is 11.6 Å². The van der Waals surface area contributed by atoms with Crippen LogP contribution in [0.5, 0.6) is 0 Å². The summed E-state index contributed by atoms with van der Waals surface area (Å²) in [5.41, 5.74) is 1.19. The number of rotatable bonds is 3. The SMILES string of the molecule is Bc1ccnc2c1cc(CF)n2S(=O)(=O)c1ccccc1. The maximum Gasteiger partial charge on any atom is 0.269 e. The molecule has 3 aromatic rings. The van der Waals surface area contributed by atoms with Crippen LogP contribution in [0.25, 0.3) is 11.0 Å². The molecule has 106 valence electrons. The molecule has 0 unspecified atom stereocenters. The van der Waals surface area contributed by atoms with Crippen molar-refractivity contribution >= 4 is 34.4 Å². The highest BCUT2D eigenvalue weighted by Gasteiger charge is 2.24. The van der Waals surface area contributed by atoms with E-state index in [1.807, 2.05) is 7.85 Å². The van der Waals surface area contributed by atoms with Gasteiger partial charge in [-0.3, -0.25) is 0 Å². The van der Waals surface area contributed by atoms with Gasteiger partial charge in [-0.15, -0.1) is 0 Å². The van der Waals surface area contributed by atoms with Crippen LogP contribution in [-0.4, -0.2) is 25.2 Å². The Labute approximate surface area is 122 Å². The summed E-state index contributed by atoms with van der Waals surface area (Å²) in [7, 11) is -2.03. The molecule has 0 aliphatic rings. The quantitative estimate of drug-likeness (QED) is 0.678. The zero-order chi connectivity index (χ0) is 15.0. The molecule has 7 heteroatoms. The molecule has 4 nitrogen and oxygen atoms in total. The van der Waals surface area contributed by atoms with E-state index in [4.69, 9.17) is 0 Å². The van der Waals surface area contributed by atoms with Crippen molar-refractivity contribution in [2.24, 2.45) is 0 Å². The highest BCUT2D eigenvalue weighted by molar-refractivity contribution is 7.90. The monoisotopic (exact) mass is 302 g/mol. The third-order valence-electron chi connectivity index (χ3n) is 3.37. The van der Waals surface area contributed by atoms with Crippen molar-refractivity contribution in [2.75, 3.05) is 0 Å². The summed E-state index contributed by atoms with van der Waals surface area (Å²) in [6, 6.07) is 11.3. The molecule has 0 bridgehead atoms. The largest absolute Gasteiger partial charge is 0.269 e. The first-order valence-corrected chi connectivity index (χ1v) is 7.82. The van der Waals surface area contributed by atoms with E-state index in [9.17, 15) is 12.8 Å². The van der Waals surface area contributed by atoms with Crippen molar-refractivity contribution in [3.8, 4) is 0 Å². The Balaban J connectivity index is 2.37. The van der Waals surface area contributed by atoms with E-state index in [2.05, 4.69) is 4.98 Å². The van der Waals surface area contributed by atoms with Crippen LogP contribution in [0.3, 0.4) is 0 Å². The van der Waals surface area contributed by atoms with E-state index in [0.29, 0.717) is 5.39 Å². The van der Waals surface area contributed by atoms with Crippen molar-refractivity contribution in [3.05, 3.63) is 54.4 Å². The second-order valence-corrected chi connectivity index (χ2v) is 6.50. The third-order valence-corrected chi connectivity index (χ3v) is 5.13. The van der Waals surface area contributed by atoms with E-state index in [-0.39, 0.29) is 16.2 Å². The van der Waals surface area contributed by atoms with Crippen LogP contribution in [0, 0.1) is 0 Å². The molecule has 0 saturated carbocycles. The Kier molecular flexibility index (Phi) is 3.29. The predicted molar refractivity (Wildman–Crippen MR) is 81.7 cm³/mol. The van der Waals surface area contributed by atoms with Gasteiger partial charge in [0.25, 0.3) is 10.0 Å². The van der Waals surface area contributed by atoms with Gasteiger partial charge in [0.15, 0.2) is 5.65 Å². The molecule has 0 atom stereocenters. The lowest BCUT2D eigenvalue weighted by Gasteiger charge is -2.09. The Morgan fingerprint density at radius 2 is 1.90 bits per heavy atom. The molecule has 2 heterocycles. The lowest BCUT2D eigenvalue weighted by Crippen LogP contribution is -2.16. The normalized spacial score (nSPS) is 11.9. The standard InChI is InChI=1S/C14H12BFN2O2S/c15-13-6-7-17-14-12(13)8-10(9-16)18(14)21(19,20)11-4-2-1-3-5-11/h1-8H,9,15H2. The van der Waals surface area contributed by atoms with E-state index >= 15 is 0 Å². The number of alkyl halides is 1. The minimum atomic E-state index is -3.87. The molecule has 2 aromatic heterocycles. The summed E-state index contributed by atoms with van der Waals surface area (Å²) in [5, 5.41) is 0.643. The van der Waals surface area contributed by atoms with E-state index in [1.54, 1.807) is 24.3 Å². The molecule has 0 N–H and O–H groups in total. The maximum atomic E-state index is 13.3. The van der Waals surface area contributed by atoms with Crippen LogP contribution >= 0.6 is 0 Å². The molecule has 0 amide bonds. The van der Waals surface area contributed by atoms with Crippen LogP contribution in [0.4, 0.5) is 4.39 Å². The Morgan fingerprint density at radius 1 is 1.19 bits per heavy atom. The first-order valence-electron chi connectivity index (χ1n) is 6.38. The van der Waals surface area contributed by atoms with E-state index < -0.39 is 16.7 Å². The number of hydrogen-bond acceptors (Lipinski definition) is 3. The Bertz CT molecular complexity index is 907. The molecule has 1 aromatic carbocycles. The highest BCUT2D eigenvalue weighted by Crippen LogP contribution is 2.23. The zero-order valence-electron chi connectivity index (χ0n) is 11.3. The van der Waals surface area contributed by atoms with Crippen LogP contribution in [0.1, 0.15) is 5.69 Å². The minimum Gasteiger partial charge on any atom is -0.244 e. The van der Waals surface area contributed by atoms with Gasteiger partial charge in [-0.25, -0.2) is 21.8 Å². The van der Waals surface area contributed by atoms with Gasteiger partial charge in [0.05, 0.1) is 10.6 Å². The fourth-order valence-electron chi connectivity index (χ4n) is 2.32. The third kappa shape index (κ3) is 2.13. The number of halogens is 1. The average molecular weight is 302 g/mol. The van der Waals surface area contributed by atoms with Crippen molar-refractivity contribution in [1.29, 1.82) is 0 Å². The summed E-state index contributed by atoms with van der Waals surface area (Å²) in [5.74, 6) is 0. The number of nitrogens with zero attached hydrogens (tertiary/aromatic N) is 2. The van der Waals surface area contributed by atoms with Crippen LogP contribution in [0.2, 0.25) is 0 Å². The number of fused-ring (bicyclic) bond motifs is 1. The highest BCUT2D eigenvalue weighted by atomic mass is 32.2. The molecule has 21 heavy (non-hydrogen) atoms. The van der Waals surface area contributed by atoms with Crippen LogP contribution in [-0.2, 0) is 16.7 Å². The maximum absolute atomic E-state index is 13.3. The molecule has 0 spiro atoms. The summed E-state index contributed by atoms with van der Waals surface area (Å²) in [6.45, 7) is -0.873. The van der Waals surface area contributed by atoms with Gasteiger partial charge in [0.2, 0.25) is 0 Å². The number of hydrogen-bond donors (Lipinski definition) is 0. The summed E-state index contributed by atoms with van der Waals surface area (Å²) < 4.78 is 39.8. The molecule has 0 radical (unpaired) electrons. The first-order chi connectivity index (χ1) is 10.1. The van der Waals surface area contributed by atoms with Crippen LogP contribution in [0.15, 0.2) is 53.6 Å². The van der Waals surface area contributed by atoms with Gasteiger partial charge in [-0.2, -0.15) is 0 Å². The van der Waals surface area contributed by atoms with Gasteiger partial charge in [0, 0.05) is 11.6 Å². The van der Waals surface area contributed by atoms with Gasteiger partial charge in [-0.1, -0.05) is 23.7 Å². The predicted octanol–water partition coefficient (Wildman–Crippen LogP) is 1.00. The fraction of sp³-hybridized carbons (Fsp3) is 0.0714. The van der Waals surface area contributed by atoms with Crippen molar-refractivity contribution in [3.63, 3.8) is 0 Å². The average Bonchev–Trinajstić information content (AvgIpc) is 2.89. The molecule has 0 aliphatic carbocycles. The second kappa shape index (κ2) is 5.00. The zero-order valence-corrected chi connectivity index (χ0v) is 12.1. The summed E-state index contributed by atoms with van der Waals surface area (Å²) in [6.07, 6.45) is 1.52. The molecular weight excluding hydrogens is 290 g/mol. The van der Waals surface area contributed by atoms with E-state index in [1.165, 1.54) is 24.4 Å². The number of aromatic nitrogens is 2. The Hall–Kier alpha value is -2.15. The molecular formula is C14H12BFN2O2S. The topological polar surface area (TPSA) is 52.0 Å². The Morgan fingerprint density at radius 3 is 2.57 bits per heavy atom. The number of pyridine rings is 1. The van der Waals surface area contributed by atoms with Crippen LogP contribution < -0.4 is 5.46 Å². The van der Waals surface area contributed by atoms with Gasteiger partial charge in [0.1, 0.15) is 14.5 Å². The fourth-order valence-corrected chi connectivity index (χ4v) is 3.81. The molecule has 0 saturated heterocycles. The number of benzene rings is 1. The smallest absolute Gasteiger partial charge is 0.244 e. The summed E-state index contributed by atoms with van der Waals surface area (Å²) >= 11 is 0.